The fourth-order valence-corrected chi connectivity index (χ4v) is 3.13. The van der Waals surface area contributed by atoms with Crippen LogP contribution in [0.1, 0.15) is 12.8 Å². The van der Waals surface area contributed by atoms with Crippen LogP contribution in [0.3, 0.4) is 0 Å². The normalized spacial score (nSPS) is 15.3. The second kappa shape index (κ2) is 6.89. The quantitative estimate of drug-likeness (QED) is 0.760. The number of pyridine rings is 1. The van der Waals surface area contributed by atoms with Gasteiger partial charge in [0.05, 0.1) is 5.69 Å². The van der Waals surface area contributed by atoms with Crippen LogP contribution in [-0.4, -0.2) is 24.2 Å². The highest BCUT2D eigenvalue weighted by Crippen LogP contribution is 2.36. The lowest BCUT2D eigenvalue weighted by Crippen LogP contribution is -2.34. The molecule has 0 radical (unpaired) electrons. The molecule has 0 atom stereocenters. The molecule has 4 rings (SSSR count). The second-order valence-corrected chi connectivity index (χ2v) is 6.09. The van der Waals surface area contributed by atoms with Crippen LogP contribution in [0.15, 0.2) is 60.9 Å². The summed E-state index contributed by atoms with van der Waals surface area (Å²) in [5, 5.41) is 9.15. The Bertz CT molecular complexity index is 813. The number of nitrogens with zero attached hydrogens (tertiary/aromatic N) is 1. The van der Waals surface area contributed by atoms with Crippen molar-refractivity contribution >= 4 is 22.1 Å². The molecule has 24 heavy (non-hydrogen) atoms. The van der Waals surface area contributed by atoms with Crippen LogP contribution in [0.4, 0.5) is 11.4 Å². The van der Waals surface area contributed by atoms with Crippen molar-refractivity contribution in [3.8, 4) is 5.75 Å². The molecule has 2 heterocycles. The highest BCUT2D eigenvalue weighted by Gasteiger charge is 2.17. The number of aromatic nitrogens is 1. The molecular formula is C20H21N3O. The molecule has 0 unspecified atom stereocenters. The maximum Gasteiger partial charge on any atom is 0.143 e. The lowest BCUT2D eigenvalue weighted by Gasteiger charge is -2.25. The predicted molar refractivity (Wildman–Crippen MR) is 98.0 cm³/mol. The number of benzene rings is 2. The van der Waals surface area contributed by atoms with Crippen LogP contribution in [0.2, 0.25) is 0 Å². The minimum absolute atomic E-state index is 0.266. The number of fused-ring (bicyclic) bond motifs is 1. The Balaban J connectivity index is 1.72. The summed E-state index contributed by atoms with van der Waals surface area (Å²) in [6, 6.07) is 16.4. The summed E-state index contributed by atoms with van der Waals surface area (Å²) in [7, 11) is 0. The number of rotatable bonds is 4. The summed E-state index contributed by atoms with van der Waals surface area (Å²) >= 11 is 0. The highest BCUT2D eigenvalue weighted by atomic mass is 16.5. The number of para-hydroxylation sites is 1. The first kappa shape index (κ1) is 15.0. The minimum Gasteiger partial charge on any atom is -0.488 e. The standard InChI is InChI=1S/C20H21N3O/c1-2-4-16(5-3-1)23-20-18-10-13-22-14-15(18)6-7-19(20)24-17-8-11-21-12-9-17/h1-7,10,13-14,17,21,23H,8-9,11-12H2. The average Bonchev–Trinajstić information content (AvgIpc) is 2.65. The first-order chi connectivity index (χ1) is 11.9. The smallest absolute Gasteiger partial charge is 0.143 e. The Labute approximate surface area is 141 Å². The number of anilines is 2. The molecule has 4 nitrogen and oxygen atoms in total. The lowest BCUT2D eigenvalue weighted by molar-refractivity contribution is 0.163. The fourth-order valence-electron chi connectivity index (χ4n) is 3.13. The van der Waals surface area contributed by atoms with Crippen molar-refractivity contribution in [3.05, 3.63) is 60.9 Å². The molecule has 122 valence electrons. The first-order valence-electron chi connectivity index (χ1n) is 8.46. The number of hydrogen-bond donors (Lipinski definition) is 2. The van der Waals surface area contributed by atoms with Crippen LogP contribution < -0.4 is 15.4 Å². The second-order valence-electron chi connectivity index (χ2n) is 6.09. The zero-order valence-corrected chi connectivity index (χ0v) is 13.5. The summed E-state index contributed by atoms with van der Waals surface area (Å²) < 4.78 is 6.34. The van der Waals surface area contributed by atoms with Gasteiger partial charge in [-0.15, -0.1) is 0 Å². The first-order valence-corrected chi connectivity index (χ1v) is 8.46. The van der Waals surface area contributed by atoms with Gasteiger partial charge in [0.2, 0.25) is 0 Å². The van der Waals surface area contributed by atoms with Crippen LogP contribution in [-0.2, 0) is 0 Å². The van der Waals surface area contributed by atoms with Crippen LogP contribution in [0.5, 0.6) is 5.75 Å². The zero-order chi connectivity index (χ0) is 16.2. The van der Waals surface area contributed by atoms with E-state index in [1.54, 1.807) is 0 Å². The molecule has 2 aromatic carbocycles. The Kier molecular flexibility index (Phi) is 4.30. The molecule has 0 saturated carbocycles. The van der Waals surface area contributed by atoms with Crippen LogP contribution in [0, 0.1) is 0 Å². The highest BCUT2D eigenvalue weighted by molar-refractivity contribution is 5.98. The van der Waals surface area contributed by atoms with E-state index in [2.05, 4.69) is 39.9 Å². The summed E-state index contributed by atoms with van der Waals surface area (Å²) in [5.74, 6) is 0.907. The van der Waals surface area contributed by atoms with E-state index in [4.69, 9.17) is 4.74 Å². The average molecular weight is 319 g/mol. The van der Waals surface area contributed by atoms with Crippen molar-refractivity contribution in [1.82, 2.24) is 10.3 Å². The fraction of sp³-hybridized carbons (Fsp3) is 0.250. The van der Waals surface area contributed by atoms with Crippen molar-refractivity contribution < 1.29 is 4.74 Å². The van der Waals surface area contributed by atoms with Gasteiger partial charge in [-0.1, -0.05) is 18.2 Å². The molecule has 3 aromatic rings. The SMILES string of the molecule is c1ccc(Nc2c(OC3CCNCC3)ccc3cnccc23)cc1. The molecule has 0 amide bonds. The Morgan fingerprint density at radius 2 is 1.83 bits per heavy atom. The van der Waals surface area contributed by atoms with E-state index in [9.17, 15) is 0 Å². The topological polar surface area (TPSA) is 46.2 Å². The van der Waals surface area contributed by atoms with Crippen molar-refractivity contribution in [3.63, 3.8) is 0 Å². The van der Waals surface area contributed by atoms with Crippen molar-refractivity contribution in [2.75, 3.05) is 18.4 Å². The number of nitrogens with one attached hydrogen (secondary N) is 2. The molecule has 1 saturated heterocycles. The van der Waals surface area contributed by atoms with Crippen LogP contribution in [0.25, 0.3) is 10.8 Å². The Hall–Kier alpha value is -2.59. The molecule has 4 heteroatoms. The minimum atomic E-state index is 0.266. The van der Waals surface area contributed by atoms with Crippen LogP contribution >= 0.6 is 0 Å². The van der Waals surface area contributed by atoms with E-state index in [1.807, 2.05) is 36.7 Å². The predicted octanol–water partition coefficient (Wildman–Crippen LogP) is 4.11. The maximum absolute atomic E-state index is 6.34. The third-order valence-corrected chi connectivity index (χ3v) is 4.40. The summed E-state index contributed by atoms with van der Waals surface area (Å²) in [6.07, 6.45) is 6.06. The molecule has 2 N–H and O–H groups in total. The Morgan fingerprint density at radius 1 is 1.00 bits per heavy atom. The van der Waals surface area contributed by atoms with Gasteiger partial charge in [-0.2, -0.15) is 0 Å². The van der Waals surface area contributed by atoms with Gasteiger partial charge in [0.1, 0.15) is 11.9 Å². The monoisotopic (exact) mass is 319 g/mol. The number of ether oxygens (including phenoxy) is 1. The molecule has 0 aliphatic carbocycles. The largest absolute Gasteiger partial charge is 0.488 e. The van der Waals surface area contributed by atoms with E-state index in [1.165, 1.54) is 0 Å². The third kappa shape index (κ3) is 3.19. The van der Waals surface area contributed by atoms with E-state index in [0.29, 0.717) is 0 Å². The van der Waals surface area contributed by atoms with Gasteiger partial charge in [0.25, 0.3) is 0 Å². The van der Waals surface area contributed by atoms with Crippen molar-refractivity contribution in [2.24, 2.45) is 0 Å². The summed E-state index contributed by atoms with van der Waals surface area (Å²) in [4.78, 5) is 4.23. The molecule has 1 aliphatic rings. The van der Waals surface area contributed by atoms with Gasteiger partial charge >= 0.3 is 0 Å². The molecule has 1 fully saturated rings. The number of hydrogen-bond acceptors (Lipinski definition) is 4. The van der Waals surface area contributed by atoms with Gasteiger partial charge in [-0.25, -0.2) is 0 Å². The van der Waals surface area contributed by atoms with Gasteiger partial charge < -0.3 is 15.4 Å². The van der Waals surface area contributed by atoms with E-state index in [0.717, 1.165) is 53.8 Å². The van der Waals surface area contributed by atoms with E-state index in [-0.39, 0.29) is 6.10 Å². The van der Waals surface area contributed by atoms with Gasteiger partial charge in [0.15, 0.2) is 0 Å². The number of piperidine rings is 1. The maximum atomic E-state index is 6.34. The molecule has 0 spiro atoms. The molecular weight excluding hydrogens is 298 g/mol. The third-order valence-electron chi connectivity index (χ3n) is 4.40. The lowest BCUT2D eigenvalue weighted by atomic mass is 10.1. The molecule has 1 aromatic heterocycles. The zero-order valence-electron chi connectivity index (χ0n) is 13.5. The van der Waals surface area contributed by atoms with Crippen molar-refractivity contribution in [1.29, 1.82) is 0 Å². The van der Waals surface area contributed by atoms with Gasteiger partial charge in [-0.3, -0.25) is 4.98 Å². The summed E-state index contributed by atoms with van der Waals surface area (Å²) in [5.41, 5.74) is 2.07. The van der Waals surface area contributed by atoms with E-state index < -0.39 is 0 Å². The van der Waals surface area contributed by atoms with Gasteiger partial charge in [-0.05, 0) is 56.3 Å². The van der Waals surface area contributed by atoms with E-state index >= 15 is 0 Å². The van der Waals surface area contributed by atoms with Crippen molar-refractivity contribution in [2.45, 2.75) is 18.9 Å². The summed E-state index contributed by atoms with van der Waals surface area (Å²) in [6.45, 7) is 2.03. The molecule has 0 bridgehead atoms. The Morgan fingerprint density at radius 3 is 2.67 bits per heavy atom. The van der Waals surface area contributed by atoms with Gasteiger partial charge in [0, 0.05) is 28.9 Å². The molecule has 1 aliphatic heterocycles.